The summed E-state index contributed by atoms with van der Waals surface area (Å²) in [4.78, 5) is 37.4. The van der Waals surface area contributed by atoms with E-state index in [0.717, 1.165) is 0 Å². The fourth-order valence-electron chi connectivity index (χ4n) is 4.51. The number of fused-ring (bicyclic) bond motifs is 3. The lowest BCUT2D eigenvalue weighted by atomic mass is 9.68. The molecule has 1 saturated heterocycles. The summed E-state index contributed by atoms with van der Waals surface area (Å²) < 4.78 is 11.2. The van der Waals surface area contributed by atoms with Crippen molar-refractivity contribution < 1.29 is 38.9 Å². The summed E-state index contributed by atoms with van der Waals surface area (Å²) in [7, 11) is 1.47. The van der Waals surface area contributed by atoms with Crippen molar-refractivity contribution in [2.45, 2.75) is 36.7 Å². The molecule has 2 aliphatic heterocycles. The molecular formula is C20H28BN4O8-. The number of benzene rings is 1. The largest absolute Gasteiger partial charge is 0.669 e. The predicted molar refractivity (Wildman–Crippen MR) is 116 cm³/mol. The van der Waals surface area contributed by atoms with Crippen molar-refractivity contribution >= 4 is 24.5 Å². The average Bonchev–Trinajstić information content (AvgIpc) is 3.51. The Morgan fingerprint density at radius 1 is 1.33 bits per heavy atom. The van der Waals surface area contributed by atoms with Crippen LogP contribution in [0.5, 0.6) is 11.5 Å². The second-order valence-electron chi connectivity index (χ2n) is 9.25. The van der Waals surface area contributed by atoms with Gasteiger partial charge in [0.1, 0.15) is 23.0 Å². The van der Waals surface area contributed by atoms with E-state index >= 15 is 0 Å². The highest BCUT2D eigenvalue weighted by Crippen LogP contribution is 2.63. The number of likely N-dealkylation sites (tertiary alicyclic amines) is 1. The first-order valence-corrected chi connectivity index (χ1v) is 10.8. The van der Waals surface area contributed by atoms with Crippen LogP contribution in [0.25, 0.3) is 0 Å². The Balaban J connectivity index is 1.38. The molecule has 3 aliphatic rings. The van der Waals surface area contributed by atoms with Crippen LogP contribution in [0.3, 0.4) is 0 Å². The molecule has 2 unspecified atom stereocenters. The number of nitrogens with one attached hydrogen (secondary N) is 2. The first kappa shape index (κ1) is 23.3. The SMILES string of the molecule is CNC(=O)CNC(=O)C(C)(N)CN1CC(Oc2ccc3c(c2C(=O)O)O[B-](O)(O)[C@@H]2CC32)C1. The van der Waals surface area contributed by atoms with E-state index in [9.17, 15) is 29.5 Å². The molecule has 1 saturated carbocycles. The van der Waals surface area contributed by atoms with Gasteiger partial charge in [-0.25, -0.2) is 4.79 Å². The molecule has 0 bridgehead atoms. The molecule has 13 heteroatoms. The van der Waals surface area contributed by atoms with Gasteiger partial charge < -0.3 is 40.9 Å². The van der Waals surface area contributed by atoms with E-state index < -0.39 is 30.0 Å². The maximum Gasteiger partial charge on any atom is 0.434 e. The normalized spacial score (nSPS) is 24.8. The number of ether oxygens (including phenoxy) is 1. The number of carbonyl (C=O) groups is 3. The second-order valence-corrected chi connectivity index (χ2v) is 9.25. The maximum atomic E-state index is 12.3. The van der Waals surface area contributed by atoms with E-state index in [1.54, 1.807) is 19.1 Å². The molecule has 0 radical (unpaired) electrons. The summed E-state index contributed by atoms with van der Waals surface area (Å²) in [6.07, 6.45) is 0.187. The standard InChI is InChI=1S/C20H28BN4O8/c1-20(22,19(29)24-6-15(26)23-2)9-25-7-10(8-25)32-14-4-3-11-12-5-13(12)21(30,31)33-17(11)16(14)18(27)28/h3-4,10,12-13,30-31H,5-9,22H2,1-2H3,(H,23,26)(H,24,29)(H,27,28)/q-1/t12?,13-,20?/m1/s1. The van der Waals surface area contributed by atoms with Crippen LogP contribution in [0.1, 0.15) is 35.2 Å². The van der Waals surface area contributed by atoms with Crippen LogP contribution in [0.15, 0.2) is 12.1 Å². The summed E-state index contributed by atoms with van der Waals surface area (Å²) in [6, 6.07) is 3.27. The van der Waals surface area contributed by atoms with E-state index in [1.807, 2.05) is 4.90 Å². The third-order valence-electron chi connectivity index (χ3n) is 6.43. The number of nitrogens with zero attached hydrogens (tertiary/aromatic N) is 1. The summed E-state index contributed by atoms with van der Waals surface area (Å²) in [5.74, 6) is -2.61. The fraction of sp³-hybridized carbons (Fsp3) is 0.550. The zero-order chi connectivity index (χ0) is 24.1. The van der Waals surface area contributed by atoms with Crippen molar-refractivity contribution in [2.75, 3.05) is 33.2 Å². The molecule has 33 heavy (non-hydrogen) atoms. The van der Waals surface area contributed by atoms with Gasteiger partial charge in [0.2, 0.25) is 11.8 Å². The van der Waals surface area contributed by atoms with Crippen molar-refractivity contribution in [3.8, 4) is 11.5 Å². The molecule has 1 aromatic rings. The number of amides is 2. The molecule has 2 amide bonds. The number of carboxylic acid groups (broad SMARTS) is 1. The Morgan fingerprint density at radius 2 is 2.03 bits per heavy atom. The Kier molecular flexibility index (Phi) is 5.77. The number of hydrogen-bond donors (Lipinski definition) is 6. The molecule has 12 nitrogen and oxygen atoms in total. The summed E-state index contributed by atoms with van der Waals surface area (Å²) >= 11 is 0. The molecule has 2 fully saturated rings. The Bertz CT molecular complexity index is 995. The van der Waals surface area contributed by atoms with Crippen LogP contribution in [-0.2, 0) is 9.59 Å². The first-order valence-electron chi connectivity index (χ1n) is 10.8. The maximum absolute atomic E-state index is 12.3. The quantitative estimate of drug-likeness (QED) is 0.241. The highest BCUT2D eigenvalue weighted by atomic mass is 16.6. The molecule has 180 valence electrons. The number of aromatic carboxylic acids is 1. The second kappa shape index (κ2) is 8.17. The van der Waals surface area contributed by atoms with Crippen LogP contribution in [0, 0.1) is 0 Å². The predicted octanol–water partition coefficient (Wildman–Crippen LogP) is -1.80. The van der Waals surface area contributed by atoms with Gasteiger partial charge >= 0.3 is 12.7 Å². The molecule has 7 N–H and O–H groups in total. The lowest BCUT2D eigenvalue weighted by Gasteiger charge is -2.43. The van der Waals surface area contributed by atoms with Crippen LogP contribution in [-0.4, -0.2) is 89.5 Å². The first-order chi connectivity index (χ1) is 15.4. The lowest BCUT2D eigenvalue weighted by molar-refractivity contribution is -0.130. The highest BCUT2D eigenvalue weighted by Gasteiger charge is 2.55. The number of likely N-dealkylation sites (N-methyl/N-ethyl adjacent to an activating group) is 1. The van der Waals surface area contributed by atoms with Gasteiger partial charge in [-0.15, -0.1) is 0 Å². The molecule has 2 heterocycles. The summed E-state index contributed by atoms with van der Waals surface area (Å²) in [5.41, 5.74) is 5.28. The third kappa shape index (κ3) is 4.49. The zero-order valence-corrected chi connectivity index (χ0v) is 18.4. The molecule has 3 atom stereocenters. The molecule has 1 aliphatic carbocycles. The molecule has 0 spiro atoms. The van der Waals surface area contributed by atoms with Gasteiger partial charge in [-0.05, 0) is 24.5 Å². The van der Waals surface area contributed by atoms with Crippen molar-refractivity contribution in [3.05, 3.63) is 23.3 Å². The van der Waals surface area contributed by atoms with Gasteiger partial charge in [0.15, 0.2) is 0 Å². The van der Waals surface area contributed by atoms with Crippen molar-refractivity contribution in [1.29, 1.82) is 0 Å². The van der Waals surface area contributed by atoms with Crippen molar-refractivity contribution in [1.82, 2.24) is 15.5 Å². The van der Waals surface area contributed by atoms with Gasteiger partial charge in [-0.1, -0.05) is 18.3 Å². The minimum Gasteiger partial charge on any atom is -0.669 e. The number of carboxylic acids is 1. The molecule has 1 aromatic carbocycles. The Labute approximate surface area is 190 Å². The lowest BCUT2D eigenvalue weighted by Crippen LogP contribution is -2.64. The fourth-order valence-corrected chi connectivity index (χ4v) is 4.51. The van der Waals surface area contributed by atoms with E-state index in [1.165, 1.54) is 7.05 Å². The van der Waals surface area contributed by atoms with E-state index in [2.05, 4.69) is 10.6 Å². The van der Waals surface area contributed by atoms with Gasteiger partial charge in [0.25, 0.3) is 0 Å². The summed E-state index contributed by atoms with van der Waals surface area (Å²) in [5, 5.41) is 34.9. The number of carbonyl (C=O) groups excluding carboxylic acids is 2. The topological polar surface area (TPSA) is 184 Å². The van der Waals surface area contributed by atoms with E-state index in [0.29, 0.717) is 25.1 Å². The third-order valence-corrected chi connectivity index (χ3v) is 6.43. The van der Waals surface area contributed by atoms with E-state index in [-0.39, 0.29) is 48.1 Å². The molecular weight excluding hydrogens is 435 g/mol. The number of hydrogen-bond acceptors (Lipinski definition) is 9. The Morgan fingerprint density at radius 3 is 2.67 bits per heavy atom. The minimum atomic E-state index is -3.11. The molecule has 0 aromatic heterocycles. The van der Waals surface area contributed by atoms with Crippen LogP contribution < -0.4 is 25.8 Å². The molecule has 4 rings (SSSR count). The minimum absolute atomic E-state index is 0.0535. The summed E-state index contributed by atoms with van der Waals surface area (Å²) in [6.45, 7) is -0.685. The number of rotatable bonds is 8. The smallest absolute Gasteiger partial charge is 0.434 e. The van der Waals surface area contributed by atoms with Gasteiger partial charge in [0.05, 0.1) is 12.3 Å². The van der Waals surface area contributed by atoms with Crippen LogP contribution in [0.2, 0.25) is 5.82 Å². The van der Waals surface area contributed by atoms with Crippen molar-refractivity contribution in [3.63, 3.8) is 0 Å². The van der Waals surface area contributed by atoms with Gasteiger partial charge in [-0.2, -0.15) is 0 Å². The Hall–Kier alpha value is -2.87. The highest BCUT2D eigenvalue weighted by molar-refractivity contribution is 6.62. The van der Waals surface area contributed by atoms with Crippen LogP contribution >= 0.6 is 0 Å². The monoisotopic (exact) mass is 463 g/mol. The van der Waals surface area contributed by atoms with Gasteiger partial charge in [-0.3, -0.25) is 14.5 Å². The van der Waals surface area contributed by atoms with Gasteiger partial charge in [0, 0.05) is 26.7 Å². The van der Waals surface area contributed by atoms with Crippen molar-refractivity contribution in [2.24, 2.45) is 5.73 Å². The average molecular weight is 463 g/mol. The zero-order valence-electron chi connectivity index (χ0n) is 18.4. The van der Waals surface area contributed by atoms with Crippen LogP contribution in [0.4, 0.5) is 0 Å². The number of nitrogens with two attached hydrogens (primary N) is 1. The van der Waals surface area contributed by atoms with E-state index in [4.69, 9.17) is 15.1 Å².